The zero-order chi connectivity index (χ0) is 3.41. The minimum absolute atomic E-state index is 0. The first kappa shape index (κ1) is 9.15. The largest absolute Gasteiger partial charge is 0.181 e. The third-order valence-corrected chi connectivity index (χ3v) is 0.0500. The first-order valence-electron chi connectivity index (χ1n) is 0.697. The van der Waals surface area contributed by atoms with E-state index >= 15 is 0 Å². The molecule has 0 aliphatic carbocycles. The fraction of sp³-hybridized carbons (Fsp3) is 0. The van der Waals surface area contributed by atoms with Crippen molar-refractivity contribution in [2.75, 3.05) is 0 Å². The van der Waals surface area contributed by atoms with Crippen LogP contribution in [0, 0.1) is 22.7 Å². The standard InChI is InChI=1S/C2N2.K/c3-1-2-4;. The van der Waals surface area contributed by atoms with Crippen molar-refractivity contribution in [2.45, 2.75) is 0 Å². The van der Waals surface area contributed by atoms with Crippen LogP contribution in [0.2, 0.25) is 0 Å². The van der Waals surface area contributed by atoms with Crippen LogP contribution in [0.3, 0.4) is 0 Å². The van der Waals surface area contributed by atoms with Crippen LogP contribution in [0.25, 0.3) is 0 Å². The quantitative estimate of drug-likeness (QED) is 0.383. The van der Waals surface area contributed by atoms with Gasteiger partial charge in [0.2, 0.25) is 0 Å². The number of nitrogens with zero attached hydrogens (tertiary/aromatic N) is 2. The van der Waals surface area contributed by atoms with Crippen LogP contribution < -0.4 is 0 Å². The first-order chi connectivity index (χ1) is 1.91. The molecule has 0 aliphatic rings. The van der Waals surface area contributed by atoms with Gasteiger partial charge >= 0.3 is 0 Å². The van der Waals surface area contributed by atoms with Gasteiger partial charge < -0.3 is 0 Å². The Labute approximate surface area is 72.8 Å². The number of rotatable bonds is 0. The maximum atomic E-state index is 7.26. The zero-order valence-corrected chi connectivity index (χ0v) is 6.02. The Morgan fingerprint density at radius 2 is 1.20 bits per heavy atom. The van der Waals surface area contributed by atoms with Gasteiger partial charge in [0.05, 0.1) is 0 Å². The minimum atomic E-state index is 0. The second-order valence-electron chi connectivity index (χ2n) is 0.224. The van der Waals surface area contributed by atoms with E-state index in [2.05, 4.69) is 0 Å². The fourth-order valence-corrected chi connectivity index (χ4v) is 0. The summed E-state index contributed by atoms with van der Waals surface area (Å²) in [5.41, 5.74) is 0. The van der Waals surface area contributed by atoms with Crippen molar-refractivity contribution in [1.29, 1.82) is 10.5 Å². The summed E-state index contributed by atoms with van der Waals surface area (Å²) in [6, 6.07) is 2.47. The van der Waals surface area contributed by atoms with Crippen molar-refractivity contribution in [3.63, 3.8) is 0 Å². The first-order valence-corrected chi connectivity index (χ1v) is 0.697. The van der Waals surface area contributed by atoms with Gasteiger partial charge in [-0.15, -0.1) is 0 Å². The Hall–Kier alpha value is 0.616. The molecule has 0 aromatic heterocycles. The van der Waals surface area contributed by atoms with Gasteiger partial charge in [-0.05, 0) is 0 Å². The van der Waals surface area contributed by atoms with E-state index in [0.717, 1.165) is 0 Å². The molecular formula is C2KN2. The molecule has 3 heteroatoms. The molecule has 0 aromatic rings. The molecule has 0 atom stereocenters. The monoisotopic (exact) mass is 91.0 g/mol. The molecule has 0 unspecified atom stereocenters. The van der Waals surface area contributed by atoms with Crippen molar-refractivity contribution in [1.82, 2.24) is 0 Å². The predicted molar refractivity (Wildman–Crippen MR) is 17.0 cm³/mol. The molecule has 0 aromatic carbocycles. The van der Waals surface area contributed by atoms with Crippen molar-refractivity contribution in [2.24, 2.45) is 0 Å². The van der Waals surface area contributed by atoms with E-state index in [9.17, 15) is 0 Å². The molecule has 0 bridgehead atoms. The number of hydrogen-bond donors (Lipinski definition) is 0. The second-order valence-corrected chi connectivity index (χ2v) is 0.224. The molecule has 0 heterocycles. The van der Waals surface area contributed by atoms with E-state index in [0.29, 0.717) is 0 Å². The van der Waals surface area contributed by atoms with Crippen LogP contribution in [0.15, 0.2) is 0 Å². The summed E-state index contributed by atoms with van der Waals surface area (Å²) < 4.78 is 0. The molecule has 0 amide bonds. The van der Waals surface area contributed by atoms with E-state index in [1.165, 1.54) is 12.1 Å². The molecular weight excluding hydrogens is 91.1 g/mol. The Morgan fingerprint density at radius 1 is 1.00 bits per heavy atom. The van der Waals surface area contributed by atoms with Crippen LogP contribution in [-0.2, 0) is 0 Å². The van der Waals surface area contributed by atoms with Gasteiger partial charge in [-0.25, -0.2) is 0 Å². The van der Waals surface area contributed by atoms with E-state index < -0.39 is 0 Å². The molecule has 0 saturated carbocycles. The van der Waals surface area contributed by atoms with Gasteiger partial charge in [0, 0.05) is 51.4 Å². The molecule has 0 spiro atoms. The second kappa shape index (κ2) is 8.82. The van der Waals surface area contributed by atoms with E-state index in [4.69, 9.17) is 10.5 Å². The van der Waals surface area contributed by atoms with Crippen molar-refractivity contribution < 1.29 is 0 Å². The van der Waals surface area contributed by atoms with Gasteiger partial charge in [0.1, 0.15) is 0 Å². The number of nitriles is 2. The normalized spacial score (nSPS) is 2.00. The summed E-state index contributed by atoms with van der Waals surface area (Å²) in [5, 5.41) is 14.5. The summed E-state index contributed by atoms with van der Waals surface area (Å²) >= 11 is 0. The summed E-state index contributed by atoms with van der Waals surface area (Å²) in [6.07, 6.45) is 0. The average molecular weight is 91.1 g/mol. The van der Waals surface area contributed by atoms with Crippen molar-refractivity contribution in [3.8, 4) is 12.1 Å². The molecule has 1 radical (unpaired) electrons. The van der Waals surface area contributed by atoms with Crippen LogP contribution in [0.5, 0.6) is 0 Å². The minimum Gasteiger partial charge on any atom is -0.181 e. The third-order valence-electron chi connectivity index (χ3n) is 0.0500. The zero-order valence-electron chi connectivity index (χ0n) is 2.89. The molecule has 2 nitrogen and oxygen atoms in total. The van der Waals surface area contributed by atoms with Gasteiger partial charge in [-0.2, -0.15) is 10.5 Å². The summed E-state index contributed by atoms with van der Waals surface area (Å²) in [6.45, 7) is 0. The third kappa shape index (κ3) is 12.1. The SMILES string of the molecule is N#CC#N.[K]. The maximum Gasteiger partial charge on any atom is 0.181 e. The van der Waals surface area contributed by atoms with Gasteiger partial charge in [-0.3, -0.25) is 0 Å². The van der Waals surface area contributed by atoms with Gasteiger partial charge in [-0.1, -0.05) is 0 Å². The molecule has 0 saturated heterocycles. The summed E-state index contributed by atoms with van der Waals surface area (Å²) in [4.78, 5) is 0. The van der Waals surface area contributed by atoms with E-state index in [1.54, 1.807) is 0 Å². The van der Waals surface area contributed by atoms with Crippen molar-refractivity contribution >= 4 is 51.4 Å². The van der Waals surface area contributed by atoms with Crippen LogP contribution in [-0.4, -0.2) is 51.4 Å². The molecule has 5 heavy (non-hydrogen) atoms. The molecule has 0 fully saturated rings. The van der Waals surface area contributed by atoms with Crippen LogP contribution >= 0.6 is 0 Å². The Morgan fingerprint density at radius 3 is 1.20 bits per heavy atom. The fourth-order valence-electron chi connectivity index (χ4n) is 0. The Balaban J connectivity index is 0. The van der Waals surface area contributed by atoms with Crippen LogP contribution in [0.1, 0.15) is 0 Å². The smallest absolute Gasteiger partial charge is 0.181 e. The molecule has 0 N–H and O–H groups in total. The van der Waals surface area contributed by atoms with Gasteiger partial charge in [0.15, 0.2) is 12.1 Å². The van der Waals surface area contributed by atoms with Crippen molar-refractivity contribution in [3.05, 3.63) is 0 Å². The Kier molecular flexibility index (Phi) is 16.1. The topological polar surface area (TPSA) is 47.6 Å². The molecule has 0 aliphatic heterocycles. The number of hydrogen-bond acceptors (Lipinski definition) is 2. The maximum absolute atomic E-state index is 7.26. The summed E-state index contributed by atoms with van der Waals surface area (Å²) in [7, 11) is 0. The molecule has 0 rings (SSSR count). The van der Waals surface area contributed by atoms with Gasteiger partial charge in [0.25, 0.3) is 0 Å². The Bertz CT molecular complexity index is 62.6. The van der Waals surface area contributed by atoms with E-state index in [-0.39, 0.29) is 51.4 Å². The average Bonchev–Trinajstić information content (AvgIpc) is 1.37. The predicted octanol–water partition coefficient (Wildman–Crippen LogP) is -0.347. The van der Waals surface area contributed by atoms with Crippen LogP contribution in [0.4, 0.5) is 0 Å². The van der Waals surface area contributed by atoms with E-state index in [1.807, 2.05) is 0 Å². The summed E-state index contributed by atoms with van der Waals surface area (Å²) in [5.74, 6) is 0. The molecule has 19 valence electrons.